The fourth-order valence-corrected chi connectivity index (χ4v) is 3.02. The van der Waals surface area contributed by atoms with E-state index in [0.717, 1.165) is 37.2 Å². The molecule has 3 unspecified atom stereocenters. The van der Waals surface area contributed by atoms with Crippen LogP contribution in [0, 0.1) is 5.92 Å². The average Bonchev–Trinajstić information content (AvgIpc) is 2.91. The molecule has 3 N–H and O–H groups in total. The van der Waals surface area contributed by atoms with Gasteiger partial charge in [-0.05, 0) is 38.3 Å². The number of pyridine rings is 1. The first-order valence-electron chi connectivity index (χ1n) is 7.51. The fraction of sp³-hybridized carbons (Fsp3) is 0.533. The summed E-state index contributed by atoms with van der Waals surface area (Å²) in [5.74, 6) is 0.847. The minimum Gasteiger partial charge on any atom is -0.346 e. The summed E-state index contributed by atoms with van der Waals surface area (Å²) in [7, 11) is 0. The van der Waals surface area contributed by atoms with E-state index in [4.69, 9.17) is 5.73 Å². The van der Waals surface area contributed by atoms with Gasteiger partial charge in [0.15, 0.2) is 11.5 Å². The van der Waals surface area contributed by atoms with E-state index in [1.807, 2.05) is 35.7 Å². The highest BCUT2D eigenvalue weighted by Crippen LogP contribution is 2.24. The lowest BCUT2D eigenvalue weighted by Gasteiger charge is -2.26. The molecule has 0 bridgehead atoms. The summed E-state index contributed by atoms with van der Waals surface area (Å²) >= 11 is 0. The smallest absolute Gasteiger partial charge is 0.223 e. The molecule has 2 aromatic rings. The number of nitrogens with zero attached hydrogens (tertiary/aromatic N) is 3. The largest absolute Gasteiger partial charge is 0.346 e. The summed E-state index contributed by atoms with van der Waals surface area (Å²) in [6.45, 7) is 1.93. The Morgan fingerprint density at radius 1 is 1.35 bits per heavy atom. The quantitative estimate of drug-likeness (QED) is 0.879. The first-order valence-corrected chi connectivity index (χ1v) is 7.51. The van der Waals surface area contributed by atoms with E-state index in [-0.39, 0.29) is 48.7 Å². The second kappa shape index (κ2) is 8.47. The first kappa shape index (κ1) is 19.7. The van der Waals surface area contributed by atoms with E-state index < -0.39 is 0 Å². The molecule has 1 aliphatic rings. The third kappa shape index (κ3) is 4.34. The minimum absolute atomic E-state index is 0. The molecule has 1 amide bonds. The molecule has 8 heteroatoms. The van der Waals surface area contributed by atoms with Crippen LogP contribution in [-0.2, 0) is 4.79 Å². The van der Waals surface area contributed by atoms with E-state index in [1.165, 1.54) is 0 Å². The topological polar surface area (TPSA) is 85.3 Å². The van der Waals surface area contributed by atoms with E-state index >= 15 is 0 Å². The Hall–Kier alpha value is -1.37. The van der Waals surface area contributed by atoms with Crippen LogP contribution in [0.15, 0.2) is 24.4 Å². The third-order valence-corrected chi connectivity index (χ3v) is 4.17. The number of rotatable bonds is 3. The van der Waals surface area contributed by atoms with Crippen LogP contribution < -0.4 is 11.1 Å². The van der Waals surface area contributed by atoms with Crippen molar-refractivity contribution in [2.75, 3.05) is 0 Å². The summed E-state index contributed by atoms with van der Waals surface area (Å²) in [5.41, 5.74) is 6.74. The van der Waals surface area contributed by atoms with E-state index in [0.29, 0.717) is 0 Å². The van der Waals surface area contributed by atoms with Crippen molar-refractivity contribution in [2.45, 2.75) is 44.7 Å². The molecule has 2 heterocycles. The predicted octanol–water partition coefficient (Wildman–Crippen LogP) is 2.27. The Bertz CT molecular complexity index is 648. The molecule has 3 rings (SSSR count). The molecule has 1 fully saturated rings. The summed E-state index contributed by atoms with van der Waals surface area (Å²) in [5, 5.41) is 11.3. The third-order valence-electron chi connectivity index (χ3n) is 4.17. The van der Waals surface area contributed by atoms with Gasteiger partial charge in [-0.1, -0.05) is 12.5 Å². The fourth-order valence-electron chi connectivity index (χ4n) is 3.02. The molecule has 0 aromatic carbocycles. The summed E-state index contributed by atoms with van der Waals surface area (Å²) in [4.78, 5) is 12.4. The van der Waals surface area contributed by atoms with Crippen molar-refractivity contribution in [1.82, 2.24) is 19.9 Å². The first-order chi connectivity index (χ1) is 10.1. The Balaban J connectivity index is 0.00000132. The van der Waals surface area contributed by atoms with Gasteiger partial charge >= 0.3 is 0 Å². The molecule has 2 aromatic heterocycles. The van der Waals surface area contributed by atoms with Crippen molar-refractivity contribution in [3.63, 3.8) is 0 Å². The van der Waals surface area contributed by atoms with Crippen LogP contribution in [0.2, 0.25) is 0 Å². The highest BCUT2D eigenvalue weighted by molar-refractivity contribution is 5.85. The van der Waals surface area contributed by atoms with Gasteiger partial charge in [0.1, 0.15) is 0 Å². The normalized spacial score (nSPS) is 21.8. The molecular weight excluding hydrogens is 337 g/mol. The van der Waals surface area contributed by atoms with Gasteiger partial charge in [0.25, 0.3) is 0 Å². The van der Waals surface area contributed by atoms with Crippen LogP contribution in [0.1, 0.15) is 44.5 Å². The van der Waals surface area contributed by atoms with Crippen LogP contribution in [0.3, 0.4) is 0 Å². The Kier molecular flexibility index (Phi) is 7.25. The van der Waals surface area contributed by atoms with Crippen LogP contribution in [0.25, 0.3) is 5.65 Å². The zero-order chi connectivity index (χ0) is 14.8. The Morgan fingerprint density at radius 2 is 2.13 bits per heavy atom. The lowest BCUT2D eigenvalue weighted by Crippen LogP contribution is -2.39. The second-order valence-corrected chi connectivity index (χ2v) is 5.84. The number of amides is 1. The van der Waals surface area contributed by atoms with Gasteiger partial charge in [-0.25, -0.2) is 0 Å². The number of hydrogen-bond donors (Lipinski definition) is 2. The second-order valence-electron chi connectivity index (χ2n) is 5.84. The van der Waals surface area contributed by atoms with Crippen LogP contribution in [0.5, 0.6) is 0 Å². The molecule has 0 saturated heterocycles. The van der Waals surface area contributed by atoms with E-state index in [9.17, 15) is 4.79 Å². The van der Waals surface area contributed by atoms with Gasteiger partial charge in [-0.15, -0.1) is 35.0 Å². The highest BCUT2D eigenvalue weighted by Gasteiger charge is 2.27. The average molecular weight is 360 g/mol. The van der Waals surface area contributed by atoms with Crippen molar-refractivity contribution in [2.24, 2.45) is 11.7 Å². The molecular formula is C15H23Cl2N5O. The number of nitrogens with two attached hydrogens (primary N) is 1. The molecule has 23 heavy (non-hydrogen) atoms. The number of hydrogen-bond acceptors (Lipinski definition) is 4. The van der Waals surface area contributed by atoms with Crippen LogP contribution >= 0.6 is 24.8 Å². The molecule has 0 spiro atoms. The maximum Gasteiger partial charge on any atom is 0.223 e. The molecule has 0 aliphatic heterocycles. The number of nitrogens with one attached hydrogen (secondary N) is 1. The highest BCUT2D eigenvalue weighted by atomic mass is 35.5. The monoisotopic (exact) mass is 359 g/mol. The van der Waals surface area contributed by atoms with Gasteiger partial charge in [-0.2, -0.15) is 0 Å². The van der Waals surface area contributed by atoms with Gasteiger partial charge in [0, 0.05) is 18.2 Å². The van der Waals surface area contributed by atoms with Crippen LogP contribution in [0.4, 0.5) is 0 Å². The van der Waals surface area contributed by atoms with Gasteiger partial charge in [-0.3, -0.25) is 9.20 Å². The Morgan fingerprint density at radius 3 is 2.87 bits per heavy atom. The summed E-state index contributed by atoms with van der Waals surface area (Å²) in [6.07, 6.45) is 5.66. The zero-order valence-corrected chi connectivity index (χ0v) is 14.6. The van der Waals surface area contributed by atoms with Crippen molar-refractivity contribution in [3.05, 3.63) is 30.2 Å². The Labute approximate surface area is 148 Å². The number of fused-ring (bicyclic) bond motifs is 1. The molecule has 6 nitrogen and oxygen atoms in total. The van der Waals surface area contributed by atoms with E-state index in [1.54, 1.807) is 0 Å². The standard InChI is InChI=1S/C15H21N5O.2ClH/c1-10(14-19-18-13-7-2-3-8-20(13)14)17-15(21)11-5-4-6-12(16)9-11;;/h2-3,7-8,10-12H,4-6,9,16H2,1H3,(H,17,21);2*1H. The van der Waals surface area contributed by atoms with Crippen molar-refractivity contribution in [1.29, 1.82) is 0 Å². The number of halogens is 2. The van der Waals surface area contributed by atoms with Crippen molar-refractivity contribution < 1.29 is 4.79 Å². The molecule has 1 aliphatic carbocycles. The van der Waals surface area contributed by atoms with Gasteiger partial charge in [0.2, 0.25) is 5.91 Å². The SMILES string of the molecule is CC(NC(=O)C1CCCC(N)C1)c1nnc2ccccn12.Cl.Cl. The van der Waals surface area contributed by atoms with Crippen molar-refractivity contribution in [3.8, 4) is 0 Å². The predicted molar refractivity (Wildman–Crippen MR) is 94.0 cm³/mol. The molecule has 0 radical (unpaired) electrons. The zero-order valence-electron chi connectivity index (χ0n) is 13.0. The van der Waals surface area contributed by atoms with Crippen LogP contribution in [-0.4, -0.2) is 26.5 Å². The number of carbonyl (C=O) groups is 1. The van der Waals surface area contributed by atoms with Gasteiger partial charge in [0.05, 0.1) is 6.04 Å². The number of aromatic nitrogens is 3. The summed E-state index contributed by atoms with van der Waals surface area (Å²) < 4.78 is 1.90. The van der Waals surface area contributed by atoms with E-state index in [2.05, 4.69) is 15.5 Å². The molecule has 3 atom stereocenters. The number of carbonyl (C=O) groups excluding carboxylic acids is 1. The summed E-state index contributed by atoms with van der Waals surface area (Å²) in [6, 6.07) is 5.71. The van der Waals surface area contributed by atoms with Gasteiger partial charge < -0.3 is 11.1 Å². The van der Waals surface area contributed by atoms with Crippen molar-refractivity contribution >= 4 is 36.4 Å². The lowest BCUT2D eigenvalue weighted by molar-refractivity contribution is -0.126. The maximum atomic E-state index is 12.4. The molecule has 1 saturated carbocycles. The minimum atomic E-state index is -0.173. The maximum absolute atomic E-state index is 12.4. The molecule has 128 valence electrons. The lowest BCUT2D eigenvalue weighted by atomic mass is 9.85.